The van der Waals surface area contributed by atoms with E-state index >= 15 is 0 Å². The van der Waals surface area contributed by atoms with Crippen LogP contribution in [0.5, 0.6) is 0 Å². The molecular formula is C13H24N2OS2. The molecule has 4 atom stereocenters. The Hall–Kier alpha value is -0.130. The van der Waals surface area contributed by atoms with Crippen molar-refractivity contribution in [3.8, 4) is 0 Å². The van der Waals surface area contributed by atoms with Gasteiger partial charge in [-0.1, -0.05) is 19.1 Å². The lowest BCUT2D eigenvalue weighted by atomic mass is 9.84. The number of hydrogen-bond acceptors (Lipinski definition) is 4. The van der Waals surface area contributed by atoms with E-state index in [0.717, 1.165) is 35.7 Å². The highest BCUT2D eigenvalue weighted by molar-refractivity contribution is 7.82. The van der Waals surface area contributed by atoms with Gasteiger partial charge in [0.15, 0.2) is 0 Å². The number of thiocarbonyl (C=S) groups is 1. The maximum absolute atomic E-state index is 9.60. The lowest BCUT2D eigenvalue weighted by molar-refractivity contribution is 0.0921. The van der Waals surface area contributed by atoms with Gasteiger partial charge in [0.25, 0.3) is 0 Å². The average Bonchev–Trinajstić information content (AvgIpc) is 2.32. The summed E-state index contributed by atoms with van der Waals surface area (Å²) in [5.41, 5.74) is 0.880. The van der Waals surface area contributed by atoms with Gasteiger partial charge in [0, 0.05) is 11.8 Å². The zero-order chi connectivity index (χ0) is 13.7. The third kappa shape index (κ3) is 4.86. The van der Waals surface area contributed by atoms with E-state index in [1.807, 2.05) is 13.8 Å². The second-order valence-corrected chi connectivity index (χ2v) is 6.04. The molecule has 0 aromatic heterocycles. The minimum atomic E-state index is -0.148. The van der Waals surface area contributed by atoms with Crippen LogP contribution in [0, 0.1) is 5.92 Å². The minimum absolute atomic E-state index is 0.148. The molecule has 1 aliphatic rings. The van der Waals surface area contributed by atoms with E-state index in [0.29, 0.717) is 12.0 Å². The summed E-state index contributed by atoms with van der Waals surface area (Å²) >= 11 is 9.59. The van der Waals surface area contributed by atoms with Crippen LogP contribution in [0.3, 0.4) is 0 Å². The van der Waals surface area contributed by atoms with Gasteiger partial charge in [-0.05, 0) is 39.0 Å². The monoisotopic (exact) mass is 288 g/mol. The minimum Gasteiger partial charge on any atom is -0.393 e. The van der Waals surface area contributed by atoms with Crippen LogP contribution < -0.4 is 5.32 Å². The Balaban J connectivity index is 2.51. The predicted octanol–water partition coefficient (Wildman–Crippen LogP) is 2.23. The molecule has 0 spiro atoms. The molecule has 0 radical (unpaired) electrons. The fraction of sp³-hybridized carbons (Fsp3) is 0.846. The largest absolute Gasteiger partial charge is 0.393 e. The molecule has 0 heterocycles. The van der Waals surface area contributed by atoms with E-state index in [2.05, 4.69) is 29.9 Å². The molecule has 5 heteroatoms. The number of aliphatic hydroxyl groups is 1. The molecule has 18 heavy (non-hydrogen) atoms. The molecule has 3 nitrogen and oxygen atoms in total. The van der Waals surface area contributed by atoms with Crippen molar-refractivity contribution in [1.82, 2.24) is 5.32 Å². The van der Waals surface area contributed by atoms with Crippen LogP contribution in [0.1, 0.15) is 40.0 Å². The Morgan fingerprint density at radius 2 is 2.22 bits per heavy atom. The summed E-state index contributed by atoms with van der Waals surface area (Å²) in [6.45, 7) is 6.13. The van der Waals surface area contributed by atoms with Crippen molar-refractivity contribution >= 4 is 35.5 Å². The number of aliphatic imine (C=N–C) groups is 1. The van der Waals surface area contributed by atoms with Crippen molar-refractivity contribution in [2.45, 2.75) is 58.2 Å². The van der Waals surface area contributed by atoms with E-state index in [1.165, 1.54) is 0 Å². The van der Waals surface area contributed by atoms with Crippen LogP contribution in [-0.4, -0.2) is 39.7 Å². The SMILES string of the molecule is CC(=NC(C)CS)C(=S)NC1CCC(O)CC1C. The van der Waals surface area contributed by atoms with Crippen molar-refractivity contribution < 1.29 is 5.11 Å². The van der Waals surface area contributed by atoms with Gasteiger partial charge < -0.3 is 10.4 Å². The number of aliphatic hydroxyl groups excluding tert-OH is 1. The van der Waals surface area contributed by atoms with Gasteiger partial charge in [-0.3, -0.25) is 4.99 Å². The van der Waals surface area contributed by atoms with Crippen molar-refractivity contribution in [1.29, 1.82) is 0 Å². The second-order valence-electron chi connectivity index (χ2n) is 5.27. The lowest BCUT2D eigenvalue weighted by Gasteiger charge is -2.33. The zero-order valence-corrected chi connectivity index (χ0v) is 13.1. The van der Waals surface area contributed by atoms with E-state index in [-0.39, 0.29) is 12.1 Å². The Morgan fingerprint density at radius 1 is 1.56 bits per heavy atom. The van der Waals surface area contributed by atoms with Crippen molar-refractivity contribution in [2.75, 3.05) is 5.75 Å². The molecule has 0 aromatic rings. The Bertz CT molecular complexity index is 320. The van der Waals surface area contributed by atoms with Gasteiger partial charge in [-0.15, -0.1) is 0 Å². The molecule has 0 aromatic carbocycles. The topological polar surface area (TPSA) is 44.6 Å². The Labute approximate surface area is 121 Å². The molecule has 1 aliphatic carbocycles. The molecule has 0 amide bonds. The molecular weight excluding hydrogens is 264 g/mol. The first-order valence-corrected chi connectivity index (χ1v) is 7.62. The van der Waals surface area contributed by atoms with Gasteiger partial charge in [0.1, 0.15) is 4.99 Å². The standard InChI is InChI=1S/C13H24N2OS2/c1-8-6-11(16)4-5-12(8)15-13(18)10(3)14-9(2)7-17/h8-9,11-12,16-17H,4-7H2,1-3H3,(H,15,18). The average molecular weight is 288 g/mol. The summed E-state index contributed by atoms with van der Waals surface area (Å²) < 4.78 is 0. The summed E-state index contributed by atoms with van der Waals surface area (Å²) in [5, 5.41) is 13.0. The van der Waals surface area contributed by atoms with Crippen LogP contribution in [0.25, 0.3) is 0 Å². The summed E-state index contributed by atoms with van der Waals surface area (Å²) in [7, 11) is 0. The highest BCUT2D eigenvalue weighted by atomic mass is 32.1. The number of hydrogen-bond donors (Lipinski definition) is 3. The molecule has 104 valence electrons. The molecule has 0 aliphatic heterocycles. The second kappa shape index (κ2) is 7.46. The molecule has 0 bridgehead atoms. The molecule has 1 fully saturated rings. The molecule has 4 unspecified atom stereocenters. The third-order valence-corrected chi connectivity index (χ3v) is 4.41. The van der Waals surface area contributed by atoms with E-state index < -0.39 is 0 Å². The smallest absolute Gasteiger partial charge is 0.120 e. The highest BCUT2D eigenvalue weighted by Crippen LogP contribution is 2.24. The van der Waals surface area contributed by atoms with Crippen LogP contribution in [0.15, 0.2) is 4.99 Å². The van der Waals surface area contributed by atoms with Gasteiger partial charge >= 0.3 is 0 Å². The van der Waals surface area contributed by atoms with Crippen LogP contribution in [-0.2, 0) is 0 Å². The summed E-state index contributed by atoms with van der Waals surface area (Å²) in [6, 6.07) is 0.552. The summed E-state index contributed by atoms with van der Waals surface area (Å²) in [5.74, 6) is 1.17. The van der Waals surface area contributed by atoms with Crippen LogP contribution in [0.2, 0.25) is 0 Å². The van der Waals surface area contributed by atoms with Gasteiger partial charge in [-0.25, -0.2) is 0 Å². The van der Waals surface area contributed by atoms with E-state index in [1.54, 1.807) is 0 Å². The molecule has 1 rings (SSSR count). The van der Waals surface area contributed by atoms with E-state index in [9.17, 15) is 5.11 Å². The maximum atomic E-state index is 9.60. The number of nitrogens with zero attached hydrogens (tertiary/aromatic N) is 1. The van der Waals surface area contributed by atoms with Gasteiger partial charge in [0.05, 0.1) is 17.9 Å². The first-order valence-electron chi connectivity index (χ1n) is 6.58. The van der Waals surface area contributed by atoms with Crippen molar-refractivity contribution in [3.05, 3.63) is 0 Å². The Kier molecular flexibility index (Phi) is 6.60. The van der Waals surface area contributed by atoms with Gasteiger partial charge in [-0.2, -0.15) is 12.6 Å². The van der Waals surface area contributed by atoms with E-state index in [4.69, 9.17) is 12.2 Å². The summed E-state index contributed by atoms with van der Waals surface area (Å²) in [4.78, 5) is 5.22. The Morgan fingerprint density at radius 3 is 2.78 bits per heavy atom. The fourth-order valence-corrected chi connectivity index (χ4v) is 2.57. The number of thiol groups is 1. The van der Waals surface area contributed by atoms with Crippen molar-refractivity contribution in [2.24, 2.45) is 10.9 Å². The molecule has 2 N–H and O–H groups in total. The maximum Gasteiger partial charge on any atom is 0.120 e. The summed E-state index contributed by atoms with van der Waals surface area (Å²) in [6.07, 6.45) is 2.53. The molecule has 1 saturated carbocycles. The number of nitrogens with one attached hydrogen (secondary N) is 1. The first-order chi connectivity index (χ1) is 8.43. The van der Waals surface area contributed by atoms with Crippen LogP contribution in [0.4, 0.5) is 0 Å². The number of rotatable bonds is 4. The third-order valence-electron chi connectivity index (χ3n) is 3.46. The quantitative estimate of drug-likeness (QED) is 0.422. The first kappa shape index (κ1) is 15.9. The lowest BCUT2D eigenvalue weighted by Crippen LogP contribution is -2.45. The van der Waals surface area contributed by atoms with Gasteiger partial charge in [0.2, 0.25) is 0 Å². The molecule has 0 saturated heterocycles. The highest BCUT2D eigenvalue weighted by Gasteiger charge is 2.26. The predicted molar refractivity (Wildman–Crippen MR) is 85.0 cm³/mol. The fourth-order valence-electron chi connectivity index (χ4n) is 2.29. The van der Waals surface area contributed by atoms with Crippen molar-refractivity contribution in [3.63, 3.8) is 0 Å². The van der Waals surface area contributed by atoms with Crippen LogP contribution >= 0.6 is 24.8 Å². The zero-order valence-electron chi connectivity index (χ0n) is 11.4. The normalized spacial score (nSPS) is 30.9.